The molecule has 1 aliphatic carbocycles. The van der Waals surface area contributed by atoms with Gasteiger partial charge >= 0.3 is 0 Å². The molecule has 0 saturated heterocycles. The van der Waals surface area contributed by atoms with Gasteiger partial charge in [-0.05, 0) is 54.2 Å². The van der Waals surface area contributed by atoms with Crippen LogP contribution in [0.5, 0.6) is 0 Å². The van der Waals surface area contributed by atoms with E-state index in [0.717, 1.165) is 12.0 Å². The number of carbonyl (C=O) groups excluding carboxylic acids is 1. The van der Waals surface area contributed by atoms with Crippen molar-refractivity contribution in [2.45, 2.75) is 26.2 Å². The molecular formula is C15H14O. The average molecular weight is 210 g/mol. The van der Waals surface area contributed by atoms with Crippen molar-refractivity contribution in [3.63, 3.8) is 0 Å². The third kappa shape index (κ3) is 1.35. The molecule has 0 aliphatic heterocycles. The number of ketones is 1. The van der Waals surface area contributed by atoms with Crippen LogP contribution in [-0.2, 0) is 12.8 Å². The van der Waals surface area contributed by atoms with Crippen molar-refractivity contribution in [2.24, 2.45) is 0 Å². The molecule has 0 heterocycles. The van der Waals surface area contributed by atoms with E-state index in [9.17, 15) is 4.79 Å². The quantitative estimate of drug-likeness (QED) is 0.658. The second-order valence-electron chi connectivity index (χ2n) is 4.55. The highest BCUT2D eigenvalue weighted by Crippen LogP contribution is 2.30. The number of hydrogen-bond donors (Lipinski definition) is 0. The van der Waals surface area contributed by atoms with Gasteiger partial charge in [-0.2, -0.15) is 0 Å². The Bertz CT molecular complexity index is 581. The van der Waals surface area contributed by atoms with Gasteiger partial charge in [0.2, 0.25) is 0 Å². The van der Waals surface area contributed by atoms with Crippen LogP contribution < -0.4 is 0 Å². The number of carbonyl (C=O) groups is 1. The molecule has 16 heavy (non-hydrogen) atoms. The monoisotopic (exact) mass is 210 g/mol. The van der Waals surface area contributed by atoms with Crippen molar-refractivity contribution in [1.29, 1.82) is 0 Å². The largest absolute Gasteiger partial charge is 0.295 e. The van der Waals surface area contributed by atoms with Crippen molar-refractivity contribution < 1.29 is 4.79 Å². The van der Waals surface area contributed by atoms with E-state index in [1.165, 1.54) is 34.7 Å². The van der Waals surface area contributed by atoms with E-state index in [1.807, 2.05) is 6.07 Å². The molecule has 0 unspecified atom stereocenters. The Balaban J connectivity index is 2.32. The first-order valence-corrected chi connectivity index (χ1v) is 5.81. The lowest BCUT2D eigenvalue weighted by Crippen LogP contribution is -1.93. The molecule has 0 N–H and O–H groups in total. The molecule has 2 aromatic rings. The van der Waals surface area contributed by atoms with Gasteiger partial charge in [-0.1, -0.05) is 24.3 Å². The third-order valence-electron chi connectivity index (χ3n) is 3.51. The maximum atomic E-state index is 11.4. The Morgan fingerprint density at radius 3 is 2.75 bits per heavy atom. The number of aryl methyl sites for hydroxylation is 2. The summed E-state index contributed by atoms with van der Waals surface area (Å²) in [6.07, 6.45) is 3.60. The fourth-order valence-electron chi connectivity index (χ4n) is 2.63. The highest BCUT2D eigenvalue weighted by Gasteiger charge is 2.14. The lowest BCUT2D eigenvalue weighted by Gasteiger charge is -2.06. The molecule has 1 aliphatic rings. The molecule has 0 radical (unpaired) electrons. The molecule has 3 rings (SSSR count). The van der Waals surface area contributed by atoms with Crippen LogP contribution in [0.2, 0.25) is 0 Å². The predicted octanol–water partition coefficient (Wildman–Crippen LogP) is 3.53. The molecule has 0 fully saturated rings. The van der Waals surface area contributed by atoms with E-state index < -0.39 is 0 Å². The Hall–Kier alpha value is -1.63. The van der Waals surface area contributed by atoms with Crippen LogP contribution >= 0.6 is 0 Å². The number of rotatable bonds is 1. The average Bonchev–Trinajstić information content (AvgIpc) is 2.76. The van der Waals surface area contributed by atoms with Crippen molar-refractivity contribution in [3.8, 4) is 0 Å². The van der Waals surface area contributed by atoms with Gasteiger partial charge in [0.15, 0.2) is 5.78 Å². The lowest BCUT2D eigenvalue weighted by molar-refractivity contribution is 0.101. The highest BCUT2D eigenvalue weighted by molar-refractivity contribution is 5.99. The normalized spacial score (nSPS) is 14.1. The van der Waals surface area contributed by atoms with Crippen LogP contribution in [0.4, 0.5) is 0 Å². The van der Waals surface area contributed by atoms with Gasteiger partial charge in [0.1, 0.15) is 0 Å². The fourth-order valence-corrected chi connectivity index (χ4v) is 2.63. The van der Waals surface area contributed by atoms with E-state index >= 15 is 0 Å². The van der Waals surface area contributed by atoms with Crippen molar-refractivity contribution in [2.75, 3.05) is 0 Å². The van der Waals surface area contributed by atoms with Crippen molar-refractivity contribution >= 4 is 16.6 Å². The number of hydrogen-bond acceptors (Lipinski definition) is 1. The Morgan fingerprint density at radius 1 is 1.12 bits per heavy atom. The van der Waals surface area contributed by atoms with Crippen LogP contribution in [-0.4, -0.2) is 5.78 Å². The van der Waals surface area contributed by atoms with Crippen molar-refractivity contribution in [3.05, 3.63) is 47.0 Å². The second-order valence-corrected chi connectivity index (χ2v) is 4.55. The Labute approximate surface area is 95.1 Å². The maximum absolute atomic E-state index is 11.4. The zero-order valence-electron chi connectivity index (χ0n) is 9.42. The van der Waals surface area contributed by atoms with Crippen LogP contribution in [0.25, 0.3) is 10.8 Å². The highest BCUT2D eigenvalue weighted by atomic mass is 16.1. The summed E-state index contributed by atoms with van der Waals surface area (Å²) < 4.78 is 0. The molecule has 0 atom stereocenters. The van der Waals surface area contributed by atoms with Gasteiger partial charge < -0.3 is 0 Å². The van der Waals surface area contributed by atoms with E-state index in [-0.39, 0.29) is 5.78 Å². The number of benzene rings is 2. The topological polar surface area (TPSA) is 17.1 Å². The molecule has 0 bridgehead atoms. The summed E-state index contributed by atoms with van der Waals surface area (Å²) in [6, 6.07) is 10.4. The summed E-state index contributed by atoms with van der Waals surface area (Å²) in [4.78, 5) is 11.4. The lowest BCUT2D eigenvalue weighted by atomic mass is 9.98. The minimum atomic E-state index is 0.150. The summed E-state index contributed by atoms with van der Waals surface area (Å²) >= 11 is 0. The molecule has 0 saturated carbocycles. The zero-order chi connectivity index (χ0) is 11.1. The maximum Gasteiger partial charge on any atom is 0.159 e. The van der Waals surface area contributed by atoms with E-state index in [1.54, 1.807) is 6.92 Å². The van der Waals surface area contributed by atoms with E-state index in [2.05, 4.69) is 24.3 Å². The SMILES string of the molecule is CC(=O)c1ccc2ccc3c(c2c1)CCC3. The fraction of sp³-hybridized carbons (Fsp3) is 0.267. The predicted molar refractivity (Wildman–Crippen MR) is 66.0 cm³/mol. The van der Waals surface area contributed by atoms with Crippen LogP contribution in [0, 0.1) is 0 Å². The van der Waals surface area contributed by atoms with Gasteiger partial charge in [-0.25, -0.2) is 0 Å². The molecule has 0 amide bonds. The van der Waals surface area contributed by atoms with E-state index in [4.69, 9.17) is 0 Å². The van der Waals surface area contributed by atoms with Gasteiger partial charge in [0.05, 0.1) is 0 Å². The summed E-state index contributed by atoms with van der Waals surface area (Å²) in [5, 5.41) is 2.54. The van der Waals surface area contributed by atoms with E-state index in [0.29, 0.717) is 0 Å². The number of fused-ring (bicyclic) bond motifs is 3. The third-order valence-corrected chi connectivity index (χ3v) is 3.51. The first-order chi connectivity index (χ1) is 7.75. The zero-order valence-corrected chi connectivity index (χ0v) is 9.42. The summed E-state index contributed by atoms with van der Waals surface area (Å²) in [7, 11) is 0. The first kappa shape index (κ1) is 9.59. The molecule has 80 valence electrons. The van der Waals surface area contributed by atoms with Gasteiger partial charge in [-0.3, -0.25) is 4.79 Å². The molecule has 2 aromatic carbocycles. The van der Waals surface area contributed by atoms with Gasteiger partial charge in [0.25, 0.3) is 0 Å². The molecule has 0 spiro atoms. The van der Waals surface area contributed by atoms with Crippen LogP contribution in [0.3, 0.4) is 0 Å². The summed E-state index contributed by atoms with van der Waals surface area (Å²) in [5.74, 6) is 0.150. The summed E-state index contributed by atoms with van der Waals surface area (Å²) in [6.45, 7) is 1.63. The number of Topliss-reactive ketones (excluding diaryl/α,β-unsaturated/α-hetero) is 1. The first-order valence-electron chi connectivity index (χ1n) is 5.81. The molecule has 0 aromatic heterocycles. The Morgan fingerprint density at radius 2 is 1.94 bits per heavy atom. The minimum absolute atomic E-state index is 0.150. The molecule has 1 heteroatoms. The van der Waals surface area contributed by atoms with Crippen LogP contribution in [0.15, 0.2) is 30.3 Å². The smallest absolute Gasteiger partial charge is 0.159 e. The van der Waals surface area contributed by atoms with Gasteiger partial charge in [-0.15, -0.1) is 0 Å². The Kier molecular flexibility index (Phi) is 2.06. The standard InChI is InChI=1S/C15H14O/c1-10(16)13-8-7-12-6-5-11-3-2-4-14(11)15(12)9-13/h5-9H,2-4H2,1H3. The summed E-state index contributed by atoms with van der Waals surface area (Å²) in [5.41, 5.74) is 3.75. The van der Waals surface area contributed by atoms with Gasteiger partial charge in [0, 0.05) is 5.56 Å². The minimum Gasteiger partial charge on any atom is -0.295 e. The van der Waals surface area contributed by atoms with Crippen LogP contribution in [0.1, 0.15) is 34.8 Å². The molecular weight excluding hydrogens is 196 g/mol. The second kappa shape index (κ2) is 3.44. The molecule has 1 nitrogen and oxygen atoms in total. The van der Waals surface area contributed by atoms with Crippen molar-refractivity contribution in [1.82, 2.24) is 0 Å².